The van der Waals surface area contributed by atoms with E-state index in [4.69, 9.17) is 5.11 Å². The Morgan fingerprint density at radius 2 is 2.05 bits per heavy atom. The molecule has 1 N–H and O–H groups in total. The van der Waals surface area contributed by atoms with Crippen LogP contribution in [-0.4, -0.2) is 22.4 Å². The maximum atomic E-state index is 12.8. The van der Waals surface area contributed by atoms with Crippen molar-refractivity contribution in [2.75, 3.05) is 0 Å². The van der Waals surface area contributed by atoms with Crippen molar-refractivity contribution >= 4 is 28.6 Å². The summed E-state index contributed by atoms with van der Waals surface area (Å²) >= 11 is 1.43. The van der Waals surface area contributed by atoms with E-state index in [-0.39, 0.29) is 3.57 Å². The second kappa shape index (κ2) is 5.84. The summed E-state index contributed by atoms with van der Waals surface area (Å²) in [5.74, 6) is -2.75. The van der Waals surface area contributed by atoms with Crippen LogP contribution in [0.25, 0.3) is 0 Å². The lowest BCUT2D eigenvalue weighted by Gasteiger charge is -2.15. The van der Waals surface area contributed by atoms with Crippen LogP contribution >= 0.6 is 22.6 Å². The van der Waals surface area contributed by atoms with Crippen LogP contribution in [0.3, 0.4) is 0 Å². The third-order valence-corrected chi connectivity index (χ3v) is 2.75. The molecule has 0 amide bonds. The van der Waals surface area contributed by atoms with Crippen molar-refractivity contribution in [2.24, 2.45) is 0 Å². The standard InChI is InChI=1S/C9H5F5INO3/c10-7(11)6-3(1-5(17)18)8(16-2-4(6)15)19-9(12,13)14/h2,7H,1H2,(H,17,18). The molecule has 0 spiro atoms. The molecule has 1 heterocycles. The van der Waals surface area contributed by atoms with Crippen molar-refractivity contribution in [3.8, 4) is 5.88 Å². The molecule has 10 heteroatoms. The molecule has 0 fully saturated rings. The number of aliphatic carboxylic acids is 1. The van der Waals surface area contributed by atoms with E-state index in [1.54, 1.807) is 0 Å². The number of hydrogen-bond acceptors (Lipinski definition) is 3. The van der Waals surface area contributed by atoms with Crippen molar-refractivity contribution < 1.29 is 36.6 Å². The Balaban J connectivity index is 3.38. The minimum atomic E-state index is -5.15. The summed E-state index contributed by atoms with van der Waals surface area (Å²) in [7, 11) is 0. The summed E-state index contributed by atoms with van der Waals surface area (Å²) in [6, 6.07) is 0. The topological polar surface area (TPSA) is 59.4 Å². The van der Waals surface area contributed by atoms with Gasteiger partial charge in [-0.3, -0.25) is 4.79 Å². The van der Waals surface area contributed by atoms with Crippen molar-refractivity contribution in [1.29, 1.82) is 0 Å². The summed E-state index contributed by atoms with van der Waals surface area (Å²) in [5, 5.41) is 8.57. The Morgan fingerprint density at radius 1 is 1.47 bits per heavy atom. The number of aromatic nitrogens is 1. The zero-order chi connectivity index (χ0) is 14.8. The van der Waals surface area contributed by atoms with Gasteiger partial charge in [0.15, 0.2) is 0 Å². The molecule has 4 nitrogen and oxygen atoms in total. The summed E-state index contributed by atoms with van der Waals surface area (Å²) in [5.41, 5.74) is -1.61. The van der Waals surface area contributed by atoms with Gasteiger partial charge in [-0.05, 0) is 22.6 Å². The van der Waals surface area contributed by atoms with Gasteiger partial charge in [0.1, 0.15) is 0 Å². The lowest BCUT2D eigenvalue weighted by molar-refractivity contribution is -0.276. The Bertz CT molecular complexity index is 491. The number of carboxylic acids is 1. The SMILES string of the molecule is O=C(O)Cc1c(OC(F)(F)F)ncc(I)c1C(F)F. The first-order valence-electron chi connectivity index (χ1n) is 4.54. The number of pyridine rings is 1. The first kappa shape index (κ1) is 15.9. The van der Waals surface area contributed by atoms with Gasteiger partial charge in [0.2, 0.25) is 5.88 Å². The van der Waals surface area contributed by atoms with Crippen LogP contribution in [0.15, 0.2) is 6.20 Å². The molecule has 0 atom stereocenters. The highest BCUT2D eigenvalue weighted by Gasteiger charge is 2.35. The zero-order valence-electron chi connectivity index (χ0n) is 8.84. The number of carbonyl (C=O) groups is 1. The summed E-state index contributed by atoms with van der Waals surface area (Å²) in [6.45, 7) is 0. The molecule has 0 aliphatic rings. The van der Waals surface area contributed by atoms with Crippen LogP contribution in [0.5, 0.6) is 5.88 Å². The fourth-order valence-electron chi connectivity index (χ4n) is 1.28. The number of ether oxygens (including phenoxy) is 1. The first-order valence-corrected chi connectivity index (χ1v) is 5.62. The van der Waals surface area contributed by atoms with Crippen molar-refractivity contribution in [3.05, 3.63) is 20.9 Å². The largest absolute Gasteiger partial charge is 0.574 e. The van der Waals surface area contributed by atoms with Crippen molar-refractivity contribution in [2.45, 2.75) is 19.2 Å². The smallest absolute Gasteiger partial charge is 0.481 e. The maximum absolute atomic E-state index is 12.8. The highest BCUT2D eigenvalue weighted by molar-refractivity contribution is 14.1. The zero-order valence-corrected chi connectivity index (χ0v) is 11.0. The van der Waals surface area contributed by atoms with Crippen molar-refractivity contribution in [3.63, 3.8) is 0 Å². The van der Waals surface area contributed by atoms with Crippen LogP contribution in [0.4, 0.5) is 22.0 Å². The summed E-state index contributed by atoms with van der Waals surface area (Å²) < 4.78 is 65.2. The van der Waals surface area contributed by atoms with Gasteiger partial charge in [-0.2, -0.15) is 0 Å². The fourth-order valence-corrected chi connectivity index (χ4v) is 1.98. The van der Waals surface area contributed by atoms with Gasteiger partial charge < -0.3 is 9.84 Å². The molecule has 0 aromatic carbocycles. The second-order valence-electron chi connectivity index (χ2n) is 3.22. The van der Waals surface area contributed by atoms with Crippen LogP contribution in [0.1, 0.15) is 17.6 Å². The van der Waals surface area contributed by atoms with Crippen molar-refractivity contribution in [1.82, 2.24) is 4.98 Å². The summed E-state index contributed by atoms with van der Waals surface area (Å²) in [6.07, 6.45) is -8.57. The molecule has 1 rings (SSSR count). The average Bonchev–Trinajstić information content (AvgIpc) is 2.19. The average molecular weight is 397 g/mol. The summed E-state index contributed by atoms with van der Waals surface area (Å²) in [4.78, 5) is 13.8. The van der Waals surface area contributed by atoms with E-state index < -0.39 is 42.2 Å². The van der Waals surface area contributed by atoms with Crippen LogP contribution in [0.2, 0.25) is 0 Å². The maximum Gasteiger partial charge on any atom is 0.574 e. The molecule has 0 bridgehead atoms. The lowest BCUT2D eigenvalue weighted by Crippen LogP contribution is -2.21. The van der Waals surface area contributed by atoms with Gasteiger partial charge in [-0.1, -0.05) is 0 Å². The predicted octanol–water partition coefficient (Wildman–Crippen LogP) is 3.15. The molecule has 0 aliphatic heterocycles. The Morgan fingerprint density at radius 3 is 2.47 bits per heavy atom. The fraction of sp³-hybridized carbons (Fsp3) is 0.333. The third kappa shape index (κ3) is 4.44. The minimum absolute atomic E-state index is 0.140. The monoisotopic (exact) mass is 397 g/mol. The molecule has 0 saturated carbocycles. The molecule has 19 heavy (non-hydrogen) atoms. The number of alkyl halides is 5. The minimum Gasteiger partial charge on any atom is -0.481 e. The molecule has 0 aliphatic carbocycles. The molecule has 1 aromatic rings. The number of nitrogens with zero attached hydrogens (tertiary/aromatic N) is 1. The van der Waals surface area contributed by atoms with E-state index in [1.165, 1.54) is 22.6 Å². The van der Waals surface area contributed by atoms with Gasteiger partial charge in [0, 0.05) is 20.9 Å². The van der Waals surface area contributed by atoms with Gasteiger partial charge in [0.25, 0.3) is 6.43 Å². The van der Waals surface area contributed by atoms with Gasteiger partial charge in [0.05, 0.1) is 6.42 Å². The van der Waals surface area contributed by atoms with Crippen LogP contribution < -0.4 is 4.74 Å². The van der Waals surface area contributed by atoms with E-state index in [9.17, 15) is 26.7 Å². The molecular formula is C9H5F5INO3. The highest BCUT2D eigenvalue weighted by atomic mass is 127. The molecule has 0 saturated heterocycles. The molecule has 0 radical (unpaired) electrons. The lowest BCUT2D eigenvalue weighted by atomic mass is 10.1. The van der Waals surface area contributed by atoms with Crippen LogP contribution in [-0.2, 0) is 11.2 Å². The molecule has 1 aromatic heterocycles. The van der Waals surface area contributed by atoms with Gasteiger partial charge >= 0.3 is 12.3 Å². The second-order valence-corrected chi connectivity index (χ2v) is 4.38. The Labute approximate surface area is 116 Å². The first-order chi connectivity index (χ1) is 8.61. The molecule has 0 unspecified atom stereocenters. The normalized spacial score (nSPS) is 11.7. The highest BCUT2D eigenvalue weighted by Crippen LogP contribution is 2.34. The Kier molecular flexibility index (Phi) is 4.87. The van der Waals surface area contributed by atoms with E-state index in [0.717, 1.165) is 6.20 Å². The number of halogens is 6. The third-order valence-electron chi connectivity index (χ3n) is 1.89. The van der Waals surface area contributed by atoms with E-state index in [2.05, 4.69) is 9.72 Å². The number of rotatable bonds is 4. The van der Waals surface area contributed by atoms with E-state index in [0.29, 0.717) is 0 Å². The van der Waals surface area contributed by atoms with Gasteiger partial charge in [-0.25, -0.2) is 13.8 Å². The van der Waals surface area contributed by atoms with Gasteiger partial charge in [-0.15, -0.1) is 13.2 Å². The quantitative estimate of drug-likeness (QED) is 0.627. The number of hydrogen-bond donors (Lipinski definition) is 1. The van der Waals surface area contributed by atoms with Crippen LogP contribution in [0, 0.1) is 3.57 Å². The van der Waals surface area contributed by atoms with E-state index >= 15 is 0 Å². The van der Waals surface area contributed by atoms with E-state index in [1.807, 2.05) is 0 Å². The molecular weight excluding hydrogens is 392 g/mol. The Hall–Kier alpha value is -1.20. The molecule has 106 valence electrons. The number of carboxylic acid groups (broad SMARTS) is 1. The predicted molar refractivity (Wildman–Crippen MR) is 59.9 cm³/mol.